The topological polar surface area (TPSA) is 45.9 Å². The SMILES string of the molecule is COc1ccc(/C=C(/C#N)c2nc(-c3ccc(Cl)cc3)cs2)cc1. The molecule has 24 heavy (non-hydrogen) atoms. The second-order valence-electron chi connectivity index (χ2n) is 4.99. The minimum Gasteiger partial charge on any atom is -0.497 e. The molecule has 0 N–H and O–H groups in total. The van der Waals surface area contributed by atoms with Crippen LogP contribution < -0.4 is 4.74 Å². The van der Waals surface area contributed by atoms with Crippen LogP contribution in [0.5, 0.6) is 5.75 Å². The second kappa shape index (κ2) is 7.31. The first-order valence-corrected chi connectivity index (χ1v) is 8.43. The van der Waals surface area contributed by atoms with Crippen molar-refractivity contribution >= 4 is 34.6 Å². The average Bonchev–Trinajstić information content (AvgIpc) is 3.10. The van der Waals surface area contributed by atoms with Crippen molar-refractivity contribution in [1.82, 2.24) is 4.98 Å². The zero-order valence-electron chi connectivity index (χ0n) is 12.9. The van der Waals surface area contributed by atoms with E-state index in [1.165, 1.54) is 11.3 Å². The number of hydrogen-bond donors (Lipinski definition) is 0. The van der Waals surface area contributed by atoms with Crippen LogP contribution in [-0.2, 0) is 0 Å². The number of rotatable bonds is 4. The van der Waals surface area contributed by atoms with Gasteiger partial charge in [0.25, 0.3) is 0 Å². The van der Waals surface area contributed by atoms with Gasteiger partial charge in [0.1, 0.15) is 16.8 Å². The number of ether oxygens (including phenoxy) is 1. The van der Waals surface area contributed by atoms with Crippen LogP contribution in [-0.4, -0.2) is 12.1 Å². The Morgan fingerprint density at radius 2 is 1.88 bits per heavy atom. The maximum Gasteiger partial charge on any atom is 0.134 e. The molecule has 0 aliphatic rings. The van der Waals surface area contributed by atoms with Crippen molar-refractivity contribution in [3.05, 3.63) is 69.5 Å². The zero-order chi connectivity index (χ0) is 16.9. The third-order valence-corrected chi connectivity index (χ3v) is 4.55. The summed E-state index contributed by atoms with van der Waals surface area (Å²) in [5, 5.41) is 12.8. The Balaban J connectivity index is 1.90. The summed E-state index contributed by atoms with van der Waals surface area (Å²) >= 11 is 7.36. The molecule has 0 amide bonds. The summed E-state index contributed by atoms with van der Waals surface area (Å²) in [4.78, 5) is 4.57. The number of nitriles is 1. The fourth-order valence-electron chi connectivity index (χ4n) is 2.16. The first-order chi connectivity index (χ1) is 11.7. The van der Waals surface area contributed by atoms with E-state index in [4.69, 9.17) is 16.3 Å². The minimum atomic E-state index is 0.533. The molecule has 5 heteroatoms. The number of halogens is 1. The van der Waals surface area contributed by atoms with Crippen LogP contribution in [0.3, 0.4) is 0 Å². The second-order valence-corrected chi connectivity index (χ2v) is 6.28. The average molecular weight is 353 g/mol. The van der Waals surface area contributed by atoms with Gasteiger partial charge in [0, 0.05) is 16.0 Å². The Morgan fingerprint density at radius 1 is 1.17 bits per heavy atom. The van der Waals surface area contributed by atoms with Crippen LogP contribution in [0, 0.1) is 11.3 Å². The molecule has 0 radical (unpaired) electrons. The van der Waals surface area contributed by atoms with Gasteiger partial charge in [-0.1, -0.05) is 35.9 Å². The summed E-state index contributed by atoms with van der Waals surface area (Å²) in [6.45, 7) is 0. The highest BCUT2D eigenvalue weighted by Crippen LogP contribution is 2.28. The van der Waals surface area contributed by atoms with E-state index in [0.717, 1.165) is 22.6 Å². The molecule has 2 aromatic carbocycles. The Labute approximate surface area is 149 Å². The van der Waals surface area contributed by atoms with Crippen LogP contribution >= 0.6 is 22.9 Å². The molecule has 0 saturated heterocycles. The Hall–Kier alpha value is -2.61. The van der Waals surface area contributed by atoms with E-state index in [0.29, 0.717) is 15.6 Å². The molecule has 0 unspecified atom stereocenters. The maximum atomic E-state index is 9.46. The van der Waals surface area contributed by atoms with Gasteiger partial charge < -0.3 is 4.74 Å². The van der Waals surface area contributed by atoms with Gasteiger partial charge in [0.2, 0.25) is 0 Å². The smallest absolute Gasteiger partial charge is 0.134 e. The van der Waals surface area contributed by atoms with Gasteiger partial charge in [-0.05, 0) is 35.9 Å². The van der Waals surface area contributed by atoms with Crippen LogP contribution in [0.4, 0.5) is 0 Å². The molecule has 0 bridgehead atoms. The van der Waals surface area contributed by atoms with Gasteiger partial charge in [-0.15, -0.1) is 11.3 Å². The zero-order valence-corrected chi connectivity index (χ0v) is 14.4. The summed E-state index contributed by atoms with van der Waals surface area (Å²) in [6.07, 6.45) is 1.82. The molecule has 1 aromatic heterocycles. The number of thiazole rings is 1. The predicted molar refractivity (Wildman–Crippen MR) is 99.0 cm³/mol. The Morgan fingerprint density at radius 3 is 2.50 bits per heavy atom. The molecule has 0 saturated carbocycles. The molecule has 3 rings (SSSR count). The molecular formula is C19H13ClN2OS. The van der Waals surface area contributed by atoms with Crippen LogP contribution in [0.2, 0.25) is 5.02 Å². The quantitative estimate of drug-likeness (QED) is 0.579. The van der Waals surface area contributed by atoms with E-state index >= 15 is 0 Å². The van der Waals surface area contributed by atoms with Crippen molar-refractivity contribution in [1.29, 1.82) is 5.26 Å². The van der Waals surface area contributed by atoms with E-state index in [2.05, 4.69) is 11.1 Å². The Bertz CT molecular complexity index is 906. The first kappa shape index (κ1) is 16.3. The minimum absolute atomic E-state index is 0.533. The summed E-state index contributed by atoms with van der Waals surface area (Å²) in [7, 11) is 1.62. The summed E-state index contributed by atoms with van der Waals surface area (Å²) in [6, 6.07) is 17.3. The van der Waals surface area contributed by atoms with Gasteiger partial charge >= 0.3 is 0 Å². The van der Waals surface area contributed by atoms with E-state index < -0.39 is 0 Å². The van der Waals surface area contributed by atoms with Crippen molar-refractivity contribution in [2.24, 2.45) is 0 Å². The van der Waals surface area contributed by atoms with Crippen LogP contribution in [0.25, 0.3) is 22.9 Å². The molecule has 3 nitrogen and oxygen atoms in total. The van der Waals surface area contributed by atoms with Gasteiger partial charge in [-0.2, -0.15) is 5.26 Å². The van der Waals surface area contributed by atoms with Crippen molar-refractivity contribution in [2.75, 3.05) is 7.11 Å². The molecule has 0 atom stereocenters. The number of hydrogen-bond acceptors (Lipinski definition) is 4. The van der Waals surface area contributed by atoms with Crippen LogP contribution in [0.15, 0.2) is 53.9 Å². The molecule has 0 aliphatic carbocycles. The summed E-state index contributed by atoms with van der Waals surface area (Å²) < 4.78 is 5.14. The lowest BCUT2D eigenvalue weighted by Crippen LogP contribution is -1.84. The first-order valence-electron chi connectivity index (χ1n) is 7.17. The van der Waals surface area contributed by atoms with Gasteiger partial charge in [-0.25, -0.2) is 4.98 Å². The summed E-state index contributed by atoms with van der Waals surface area (Å²) in [5.74, 6) is 0.782. The standard InChI is InChI=1S/C19H13ClN2OS/c1-23-17-8-2-13(3-9-17)10-15(11-21)19-22-18(12-24-19)14-4-6-16(20)7-5-14/h2-10,12H,1H3/b15-10-. The predicted octanol–water partition coefficient (Wildman–Crippen LogP) is 5.54. The van der Waals surface area contributed by atoms with Crippen LogP contribution in [0.1, 0.15) is 10.6 Å². The highest BCUT2D eigenvalue weighted by molar-refractivity contribution is 7.11. The van der Waals surface area contributed by atoms with Crippen molar-refractivity contribution < 1.29 is 4.74 Å². The molecule has 118 valence electrons. The highest BCUT2D eigenvalue weighted by Gasteiger charge is 2.09. The largest absolute Gasteiger partial charge is 0.497 e. The van der Waals surface area contributed by atoms with Gasteiger partial charge in [-0.3, -0.25) is 0 Å². The molecule has 0 spiro atoms. The molecule has 1 heterocycles. The Kier molecular flexibility index (Phi) is 4.95. The maximum absolute atomic E-state index is 9.46. The van der Waals surface area contributed by atoms with E-state index in [9.17, 15) is 5.26 Å². The lowest BCUT2D eigenvalue weighted by atomic mass is 10.1. The molecule has 3 aromatic rings. The van der Waals surface area contributed by atoms with Gasteiger partial charge in [0.05, 0.1) is 18.4 Å². The van der Waals surface area contributed by atoms with Gasteiger partial charge in [0.15, 0.2) is 0 Å². The number of aromatic nitrogens is 1. The highest BCUT2D eigenvalue weighted by atomic mass is 35.5. The molecule has 0 aliphatic heterocycles. The van der Waals surface area contributed by atoms with E-state index in [1.54, 1.807) is 7.11 Å². The third kappa shape index (κ3) is 3.65. The number of nitrogens with zero attached hydrogens (tertiary/aromatic N) is 2. The lowest BCUT2D eigenvalue weighted by molar-refractivity contribution is 0.415. The van der Waals surface area contributed by atoms with Crippen molar-refractivity contribution in [3.63, 3.8) is 0 Å². The van der Waals surface area contributed by atoms with E-state index in [1.807, 2.05) is 60.0 Å². The summed E-state index contributed by atoms with van der Waals surface area (Å²) in [5.41, 5.74) is 3.27. The fourth-order valence-corrected chi connectivity index (χ4v) is 3.08. The monoisotopic (exact) mass is 352 g/mol. The molecule has 0 fully saturated rings. The van der Waals surface area contributed by atoms with Crippen molar-refractivity contribution in [2.45, 2.75) is 0 Å². The molecular weight excluding hydrogens is 340 g/mol. The number of allylic oxidation sites excluding steroid dienone is 1. The fraction of sp³-hybridized carbons (Fsp3) is 0.0526. The third-order valence-electron chi connectivity index (χ3n) is 3.42. The normalized spacial score (nSPS) is 11.1. The lowest BCUT2D eigenvalue weighted by Gasteiger charge is -2.00. The number of methoxy groups -OCH3 is 1. The van der Waals surface area contributed by atoms with E-state index in [-0.39, 0.29) is 0 Å². The number of benzene rings is 2. The van der Waals surface area contributed by atoms with Crippen molar-refractivity contribution in [3.8, 4) is 23.1 Å².